The molecule has 2 heterocycles. The van der Waals surface area contributed by atoms with Gasteiger partial charge >= 0.3 is 0 Å². The molecule has 0 amide bonds. The summed E-state index contributed by atoms with van der Waals surface area (Å²) in [6, 6.07) is 0. The van der Waals surface area contributed by atoms with Crippen LogP contribution in [0, 0.1) is 10.1 Å². The third kappa shape index (κ3) is 1.11. The van der Waals surface area contributed by atoms with Gasteiger partial charge in [-0.05, 0) is 5.65 Å². The summed E-state index contributed by atoms with van der Waals surface area (Å²) in [5.74, 6) is 0. The van der Waals surface area contributed by atoms with Crippen LogP contribution in [-0.4, -0.2) is 14.9 Å². The van der Waals surface area contributed by atoms with Crippen LogP contribution in [0.4, 0.5) is 5.69 Å². The molecule has 0 aromatic carbocycles. The van der Waals surface area contributed by atoms with E-state index in [-0.39, 0.29) is 21.9 Å². The molecule has 0 aliphatic rings. The molecule has 0 saturated carbocycles. The Morgan fingerprint density at radius 1 is 1.54 bits per heavy atom. The molecule has 0 unspecified atom stereocenters. The summed E-state index contributed by atoms with van der Waals surface area (Å²) in [6.45, 7) is 0. The van der Waals surface area contributed by atoms with E-state index in [1.807, 2.05) is 0 Å². The highest BCUT2D eigenvalue weighted by atomic mass is 35.5. The molecule has 7 heteroatoms. The first-order valence-electron chi connectivity index (χ1n) is 3.26. The van der Waals surface area contributed by atoms with Crippen molar-refractivity contribution in [3.05, 3.63) is 27.8 Å². The lowest BCUT2D eigenvalue weighted by Crippen LogP contribution is -1.87. The minimum absolute atomic E-state index is 0.0502. The van der Waals surface area contributed by atoms with Gasteiger partial charge in [0.1, 0.15) is 5.15 Å². The van der Waals surface area contributed by atoms with Crippen LogP contribution in [0.2, 0.25) is 5.15 Å². The SMILES string of the molecule is O=[N+]([O-])c1c[n-]c2ncnc(Cl)c12. The number of hydrogen-bond acceptors (Lipinski definition) is 4. The van der Waals surface area contributed by atoms with Crippen LogP contribution in [0.25, 0.3) is 11.0 Å². The van der Waals surface area contributed by atoms with Crippen molar-refractivity contribution in [2.24, 2.45) is 0 Å². The lowest BCUT2D eigenvalue weighted by molar-refractivity contribution is -0.383. The Balaban J connectivity index is 2.86. The van der Waals surface area contributed by atoms with Crippen molar-refractivity contribution in [3.63, 3.8) is 0 Å². The zero-order valence-electron chi connectivity index (χ0n) is 6.14. The van der Waals surface area contributed by atoms with E-state index in [9.17, 15) is 10.1 Å². The number of nitro groups is 1. The van der Waals surface area contributed by atoms with Crippen molar-refractivity contribution in [1.82, 2.24) is 15.0 Å². The molecular formula is C6H2ClN4O2-. The molecule has 0 bridgehead atoms. The zero-order valence-corrected chi connectivity index (χ0v) is 6.89. The smallest absolute Gasteiger partial charge is 0.275 e. The first-order chi connectivity index (χ1) is 6.20. The largest absolute Gasteiger partial charge is 0.436 e. The average Bonchev–Trinajstić information content (AvgIpc) is 2.49. The molecule has 0 fully saturated rings. The fourth-order valence-corrected chi connectivity index (χ4v) is 1.22. The van der Waals surface area contributed by atoms with E-state index in [1.54, 1.807) is 0 Å². The van der Waals surface area contributed by atoms with Crippen LogP contribution in [0.3, 0.4) is 0 Å². The van der Waals surface area contributed by atoms with Crippen LogP contribution in [-0.2, 0) is 0 Å². The first kappa shape index (κ1) is 7.93. The number of fused-ring (bicyclic) bond motifs is 1. The predicted molar refractivity (Wildman–Crippen MR) is 44.5 cm³/mol. The highest BCUT2D eigenvalue weighted by Gasteiger charge is 2.12. The fourth-order valence-electron chi connectivity index (χ4n) is 0.999. The molecule has 0 radical (unpaired) electrons. The van der Waals surface area contributed by atoms with E-state index < -0.39 is 4.92 Å². The van der Waals surface area contributed by atoms with Gasteiger partial charge in [-0.3, -0.25) is 10.1 Å². The van der Waals surface area contributed by atoms with Crippen molar-refractivity contribution in [3.8, 4) is 0 Å². The Kier molecular flexibility index (Phi) is 1.63. The van der Waals surface area contributed by atoms with E-state index in [0.717, 1.165) is 6.20 Å². The normalized spacial score (nSPS) is 10.5. The van der Waals surface area contributed by atoms with Crippen molar-refractivity contribution in [2.45, 2.75) is 0 Å². The van der Waals surface area contributed by atoms with Gasteiger partial charge in [0.05, 0.1) is 10.3 Å². The average molecular weight is 198 g/mol. The highest BCUT2D eigenvalue weighted by molar-refractivity contribution is 6.34. The third-order valence-electron chi connectivity index (χ3n) is 1.54. The molecule has 0 aliphatic heterocycles. The lowest BCUT2D eigenvalue weighted by Gasteiger charge is -1.97. The molecule has 2 aromatic heterocycles. The molecule has 2 aromatic rings. The van der Waals surface area contributed by atoms with E-state index >= 15 is 0 Å². The summed E-state index contributed by atoms with van der Waals surface area (Å²) < 4.78 is 0. The Morgan fingerprint density at radius 3 is 3.00 bits per heavy atom. The second kappa shape index (κ2) is 2.67. The lowest BCUT2D eigenvalue weighted by atomic mass is 10.4. The van der Waals surface area contributed by atoms with Crippen LogP contribution < -0.4 is 4.98 Å². The number of hydrogen-bond donors (Lipinski definition) is 0. The van der Waals surface area contributed by atoms with Crippen LogP contribution in [0.15, 0.2) is 12.5 Å². The van der Waals surface area contributed by atoms with E-state index in [1.165, 1.54) is 6.33 Å². The molecular weight excluding hydrogens is 196 g/mol. The molecule has 0 N–H and O–H groups in total. The quantitative estimate of drug-likeness (QED) is 0.389. The summed E-state index contributed by atoms with van der Waals surface area (Å²) >= 11 is 5.65. The summed E-state index contributed by atoms with van der Waals surface area (Å²) in [6.07, 6.45) is 2.33. The standard InChI is InChI=1S/C6H2ClN4O2/c7-5-4-3(11(12)13)1-8-6(4)10-2-9-5/h1-2H/q-1. The second-order valence-corrected chi connectivity index (χ2v) is 2.62. The van der Waals surface area contributed by atoms with Crippen LogP contribution in [0.5, 0.6) is 0 Å². The van der Waals surface area contributed by atoms with Gasteiger partial charge in [-0.2, -0.15) is 0 Å². The van der Waals surface area contributed by atoms with Gasteiger partial charge < -0.3 is 9.97 Å². The topological polar surface area (TPSA) is 83.0 Å². The predicted octanol–water partition coefficient (Wildman–Crippen LogP) is 1.15. The third-order valence-corrected chi connectivity index (χ3v) is 1.83. The summed E-state index contributed by atoms with van der Waals surface area (Å²) in [5, 5.41) is 10.7. The molecule has 66 valence electrons. The maximum atomic E-state index is 10.5. The Hall–Kier alpha value is -1.69. The monoisotopic (exact) mass is 197 g/mol. The fraction of sp³-hybridized carbons (Fsp3) is 0. The summed E-state index contributed by atoms with van der Waals surface area (Å²) in [7, 11) is 0. The number of rotatable bonds is 1. The number of nitrogens with zero attached hydrogens (tertiary/aromatic N) is 4. The minimum atomic E-state index is -0.565. The van der Waals surface area contributed by atoms with Crippen LogP contribution in [0.1, 0.15) is 0 Å². The molecule has 0 aliphatic carbocycles. The minimum Gasteiger partial charge on any atom is -0.436 e. The summed E-state index contributed by atoms with van der Waals surface area (Å²) in [4.78, 5) is 21.0. The first-order valence-corrected chi connectivity index (χ1v) is 3.64. The van der Waals surface area contributed by atoms with Crippen LogP contribution >= 0.6 is 11.6 Å². The van der Waals surface area contributed by atoms with Gasteiger partial charge in [-0.25, -0.2) is 4.98 Å². The van der Waals surface area contributed by atoms with Gasteiger partial charge in [-0.15, -0.1) is 0 Å². The van der Waals surface area contributed by atoms with E-state index in [0.29, 0.717) is 0 Å². The van der Waals surface area contributed by atoms with Gasteiger partial charge in [-0.1, -0.05) is 11.6 Å². The number of halogens is 1. The van der Waals surface area contributed by atoms with E-state index in [4.69, 9.17) is 11.6 Å². The Morgan fingerprint density at radius 2 is 2.31 bits per heavy atom. The Bertz CT molecular complexity index is 480. The van der Waals surface area contributed by atoms with Gasteiger partial charge in [0.25, 0.3) is 5.69 Å². The zero-order chi connectivity index (χ0) is 9.42. The molecule has 0 saturated heterocycles. The van der Waals surface area contributed by atoms with E-state index in [2.05, 4.69) is 15.0 Å². The van der Waals surface area contributed by atoms with Crippen molar-refractivity contribution in [2.75, 3.05) is 0 Å². The second-order valence-electron chi connectivity index (χ2n) is 2.26. The van der Waals surface area contributed by atoms with Crippen molar-refractivity contribution in [1.29, 1.82) is 0 Å². The van der Waals surface area contributed by atoms with Gasteiger partial charge in [0.2, 0.25) is 0 Å². The molecule has 13 heavy (non-hydrogen) atoms. The van der Waals surface area contributed by atoms with Crippen molar-refractivity contribution < 1.29 is 4.92 Å². The molecule has 0 atom stereocenters. The maximum absolute atomic E-state index is 10.5. The number of aromatic nitrogens is 3. The van der Waals surface area contributed by atoms with Crippen molar-refractivity contribution >= 4 is 28.3 Å². The Labute approximate surface area is 76.7 Å². The summed E-state index contributed by atoms with van der Waals surface area (Å²) in [5.41, 5.74) is 0.0762. The van der Waals surface area contributed by atoms with Gasteiger partial charge in [0.15, 0.2) is 0 Å². The molecule has 6 nitrogen and oxygen atoms in total. The highest BCUT2D eigenvalue weighted by Crippen LogP contribution is 2.27. The molecule has 2 rings (SSSR count). The molecule has 0 spiro atoms. The van der Waals surface area contributed by atoms with Gasteiger partial charge in [0, 0.05) is 12.5 Å². The maximum Gasteiger partial charge on any atom is 0.275 e.